The SMILES string of the molecule is Cc1csc(NC(=O)NCc2ccc(N3CCOCC3)c(F)c2)n1. The van der Waals surface area contributed by atoms with Crippen LogP contribution in [-0.4, -0.2) is 37.3 Å². The molecule has 1 aromatic carbocycles. The van der Waals surface area contributed by atoms with Crippen LogP contribution in [0.1, 0.15) is 11.3 Å². The van der Waals surface area contributed by atoms with E-state index in [0.29, 0.717) is 42.7 Å². The average molecular weight is 350 g/mol. The number of carbonyl (C=O) groups is 1. The largest absolute Gasteiger partial charge is 0.378 e. The van der Waals surface area contributed by atoms with Crippen LogP contribution in [-0.2, 0) is 11.3 Å². The Bertz CT molecular complexity index is 716. The highest BCUT2D eigenvalue weighted by Gasteiger charge is 2.15. The molecule has 6 nitrogen and oxygen atoms in total. The number of thiazole rings is 1. The molecule has 8 heteroatoms. The lowest BCUT2D eigenvalue weighted by Gasteiger charge is -2.29. The summed E-state index contributed by atoms with van der Waals surface area (Å²) in [4.78, 5) is 17.9. The first kappa shape index (κ1) is 16.7. The van der Waals surface area contributed by atoms with Crippen LogP contribution in [0.5, 0.6) is 0 Å². The highest BCUT2D eigenvalue weighted by molar-refractivity contribution is 7.13. The maximum atomic E-state index is 14.3. The van der Waals surface area contributed by atoms with Gasteiger partial charge in [-0.3, -0.25) is 5.32 Å². The monoisotopic (exact) mass is 350 g/mol. The second-order valence-electron chi connectivity index (χ2n) is 5.49. The maximum absolute atomic E-state index is 14.3. The fraction of sp³-hybridized carbons (Fsp3) is 0.375. The van der Waals surface area contributed by atoms with Crippen LogP contribution in [0.4, 0.5) is 20.0 Å². The quantitative estimate of drug-likeness (QED) is 0.890. The number of amides is 2. The van der Waals surface area contributed by atoms with Crippen LogP contribution in [0.15, 0.2) is 23.6 Å². The van der Waals surface area contributed by atoms with Crippen LogP contribution in [0.3, 0.4) is 0 Å². The van der Waals surface area contributed by atoms with E-state index in [1.165, 1.54) is 17.4 Å². The number of morpholine rings is 1. The predicted octanol–water partition coefficient (Wildman–Crippen LogP) is 2.75. The van der Waals surface area contributed by atoms with Gasteiger partial charge in [0.05, 0.1) is 24.6 Å². The summed E-state index contributed by atoms with van der Waals surface area (Å²) in [5.41, 5.74) is 2.14. The van der Waals surface area contributed by atoms with Crippen LogP contribution in [0, 0.1) is 12.7 Å². The number of anilines is 2. The Morgan fingerprint density at radius 1 is 1.42 bits per heavy atom. The van der Waals surface area contributed by atoms with Gasteiger partial charge in [0.1, 0.15) is 5.82 Å². The molecule has 2 N–H and O–H groups in total. The van der Waals surface area contributed by atoms with E-state index in [9.17, 15) is 9.18 Å². The highest BCUT2D eigenvalue weighted by Crippen LogP contribution is 2.21. The molecule has 128 valence electrons. The Kier molecular flexibility index (Phi) is 5.27. The van der Waals surface area contributed by atoms with Gasteiger partial charge >= 0.3 is 6.03 Å². The van der Waals surface area contributed by atoms with Crippen LogP contribution < -0.4 is 15.5 Å². The third kappa shape index (κ3) is 4.21. The summed E-state index contributed by atoms with van der Waals surface area (Å²) in [5, 5.41) is 7.75. The maximum Gasteiger partial charge on any atom is 0.321 e. The molecule has 0 unspecified atom stereocenters. The Labute approximate surface area is 143 Å². The lowest BCUT2D eigenvalue weighted by Crippen LogP contribution is -2.36. The van der Waals surface area contributed by atoms with Crippen LogP contribution in [0.2, 0.25) is 0 Å². The van der Waals surface area contributed by atoms with Crippen molar-refractivity contribution < 1.29 is 13.9 Å². The van der Waals surface area contributed by atoms with Gasteiger partial charge in [-0.15, -0.1) is 11.3 Å². The molecule has 2 amide bonds. The molecular formula is C16H19FN4O2S. The topological polar surface area (TPSA) is 66.5 Å². The minimum Gasteiger partial charge on any atom is -0.378 e. The van der Waals surface area contributed by atoms with Crippen molar-refractivity contribution in [2.24, 2.45) is 0 Å². The van der Waals surface area contributed by atoms with Crippen molar-refractivity contribution in [2.45, 2.75) is 13.5 Å². The number of aromatic nitrogens is 1. The normalized spacial score (nSPS) is 14.5. The van der Waals surface area contributed by atoms with E-state index in [2.05, 4.69) is 15.6 Å². The molecule has 1 aliphatic rings. The minimum absolute atomic E-state index is 0.247. The molecule has 2 aromatic rings. The lowest BCUT2D eigenvalue weighted by atomic mass is 10.1. The summed E-state index contributed by atoms with van der Waals surface area (Å²) in [6, 6.07) is 4.67. The Hall–Kier alpha value is -2.19. The van der Waals surface area contributed by atoms with E-state index >= 15 is 0 Å². The van der Waals surface area contributed by atoms with Gasteiger partial charge in [-0.25, -0.2) is 14.2 Å². The third-order valence-electron chi connectivity index (χ3n) is 3.66. The number of urea groups is 1. The molecule has 1 fully saturated rings. The van der Waals surface area contributed by atoms with Gasteiger partial charge in [0.2, 0.25) is 0 Å². The zero-order chi connectivity index (χ0) is 16.9. The van der Waals surface area contributed by atoms with Gasteiger partial charge in [-0.2, -0.15) is 0 Å². The number of aryl methyl sites for hydroxylation is 1. The summed E-state index contributed by atoms with van der Waals surface area (Å²) in [7, 11) is 0. The van der Waals surface area contributed by atoms with Crippen molar-refractivity contribution in [1.29, 1.82) is 0 Å². The molecule has 1 saturated heterocycles. The minimum atomic E-state index is -0.359. The number of hydrogen-bond acceptors (Lipinski definition) is 5. The summed E-state index contributed by atoms with van der Waals surface area (Å²) >= 11 is 1.36. The molecule has 24 heavy (non-hydrogen) atoms. The van der Waals surface area contributed by atoms with Crippen molar-refractivity contribution in [3.05, 3.63) is 40.7 Å². The van der Waals surface area contributed by atoms with E-state index in [-0.39, 0.29) is 18.4 Å². The van der Waals surface area contributed by atoms with Gasteiger partial charge in [0.15, 0.2) is 5.13 Å². The molecule has 1 aliphatic heterocycles. The smallest absolute Gasteiger partial charge is 0.321 e. The molecule has 1 aromatic heterocycles. The van der Waals surface area contributed by atoms with Crippen molar-refractivity contribution in [3.8, 4) is 0 Å². The number of halogens is 1. The summed E-state index contributed by atoms with van der Waals surface area (Å²) < 4.78 is 19.6. The van der Waals surface area contributed by atoms with Gasteiger partial charge < -0.3 is 15.0 Å². The van der Waals surface area contributed by atoms with E-state index in [0.717, 1.165) is 5.69 Å². The van der Waals surface area contributed by atoms with Gasteiger partial charge in [-0.1, -0.05) is 6.07 Å². The van der Waals surface area contributed by atoms with Crippen LogP contribution >= 0.6 is 11.3 Å². The van der Waals surface area contributed by atoms with Crippen LogP contribution in [0.25, 0.3) is 0 Å². The number of nitrogens with zero attached hydrogens (tertiary/aromatic N) is 2. The number of benzene rings is 1. The zero-order valence-corrected chi connectivity index (χ0v) is 14.2. The van der Waals surface area contributed by atoms with Gasteiger partial charge in [0, 0.05) is 25.0 Å². The van der Waals surface area contributed by atoms with E-state index in [1.807, 2.05) is 23.3 Å². The predicted molar refractivity (Wildman–Crippen MR) is 92.1 cm³/mol. The number of hydrogen-bond donors (Lipinski definition) is 2. The Morgan fingerprint density at radius 3 is 2.88 bits per heavy atom. The first-order chi connectivity index (χ1) is 11.6. The molecule has 0 radical (unpaired) electrons. The Morgan fingerprint density at radius 2 is 2.21 bits per heavy atom. The molecular weight excluding hydrogens is 331 g/mol. The summed E-state index contributed by atoms with van der Waals surface area (Å²) in [6.07, 6.45) is 0. The van der Waals surface area contributed by atoms with Gasteiger partial charge in [0.25, 0.3) is 0 Å². The number of rotatable bonds is 4. The van der Waals surface area contributed by atoms with Crippen molar-refractivity contribution >= 4 is 28.2 Å². The number of carbonyl (C=O) groups excluding carboxylic acids is 1. The molecule has 0 bridgehead atoms. The van der Waals surface area contributed by atoms with E-state index in [4.69, 9.17) is 4.74 Å². The second-order valence-corrected chi connectivity index (χ2v) is 6.35. The lowest BCUT2D eigenvalue weighted by molar-refractivity contribution is 0.122. The molecule has 0 spiro atoms. The fourth-order valence-corrected chi connectivity index (χ4v) is 3.14. The highest BCUT2D eigenvalue weighted by atomic mass is 32.1. The summed E-state index contributed by atoms with van der Waals surface area (Å²) in [5.74, 6) is -0.285. The number of nitrogens with one attached hydrogen (secondary N) is 2. The average Bonchev–Trinajstić information content (AvgIpc) is 2.99. The fourth-order valence-electron chi connectivity index (χ4n) is 2.46. The third-order valence-corrected chi connectivity index (χ3v) is 4.53. The Balaban J connectivity index is 1.55. The molecule has 0 saturated carbocycles. The second kappa shape index (κ2) is 7.59. The van der Waals surface area contributed by atoms with Crippen molar-refractivity contribution in [3.63, 3.8) is 0 Å². The molecule has 2 heterocycles. The standard InChI is InChI=1S/C16H19FN4O2S/c1-11-10-24-16(19-11)20-15(22)18-9-12-2-3-14(13(17)8-12)21-4-6-23-7-5-21/h2-3,8,10H,4-7,9H2,1H3,(H2,18,19,20,22). The van der Waals surface area contributed by atoms with E-state index in [1.54, 1.807) is 6.07 Å². The molecule has 3 rings (SSSR count). The van der Waals surface area contributed by atoms with Crippen molar-refractivity contribution in [2.75, 3.05) is 36.5 Å². The van der Waals surface area contributed by atoms with Crippen molar-refractivity contribution in [1.82, 2.24) is 10.3 Å². The van der Waals surface area contributed by atoms with Gasteiger partial charge in [-0.05, 0) is 24.6 Å². The first-order valence-corrected chi connectivity index (χ1v) is 8.58. The molecule has 0 atom stereocenters. The van der Waals surface area contributed by atoms with E-state index < -0.39 is 0 Å². The number of ether oxygens (including phenoxy) is 1. The zero-order valence-electron chi connectivity index (χ0n) is 13.3. The summed E-state index contributed by atoms with van der Waals surface area (Å²) in [6.45, 7) is 4.70. The molecule has 0 aliphatic carbocycles. The first-order valence-electron chi connectivity index (χ1n) is 7.70.